The molecule has 8 nitrogen and oxygen atoms in total. The molecular formula is C18H22F3N5O3S. The molecule has 0 aliphatic carbocycles. The predicted molar refractivity (Wildman–Crippen MR) is 105 cm³/mol. The van der Waals surface area contributed by atoms with Crippen molar-refractivity contribution in [1.29, 1.82) is 0 Å². The summed E-state index contributed by atoms with van der Waals surface area (Å²) in [7, 11) is -2.64. The highest BCUT2D eigenvalue weighted by molar-refractivity contribution is 7.88. The first-order chi connectivity index (χ1) is 14.1. The van der Waals surface area contributed by atoms with Gasteiger partial charge in [0.15, 0.2) is 5.82 Å². The Morgan fingerprint density at radius 2 is 2.07 bits per heavy atom. The number of alkyl halides is 3. The van der Waals surface area contributed by atoms with Gasteiger partial charge in [-0.3, -0.25) is 0 Å². The molecule has 30 heavy (non-hydrogen) atoms. The third-order valence-corrected chi connectivity index (χ3v) is 5.39. The van der Waals surface area contributed by atoms with Gasteiger partial charge < -0.3 is 15.4 Å². The van der Waals surface area contributed by atoms with E-state index < -0.39 is 27.5 Å². The summed E-state index contributed by atoms with van der Waals surface area (Å²) < 4.78 is 67.5. The van der Waals surface area contributed by atoms with E-state index in [0.29, 0.717) is 6.54 Å². The molecule has 2 heterocycles. The molecule has 0 unspecified atom stereocenters. The molecule has 1 fully saturated rings. The lowest BCUT2D eigenvalue weighted by Gasteiger charge is -2.25. The molecule has 0 radical (unpaired) electrons. The minimum Gasteiger partial charge on any atom is -0.496 e. The molecule has 3 rings (SSSR count). The summed E-state index contributed by atoms with van der Waals surface area (Å²) in [4.78, 5) is 0. The molecule has 0 saturated carbocycles. The highest BCUT2D eigenvalue weighted by Crippen LogP contribution is 2.37. The van der Waals surface area contributed by atoms with Crippen molar-refractivity contribution in [1.82, 2.24) is 15.5 Å². The number of benzene rings is 1. The van der Waals surface area contributed by atoms with Gasteiger partial charge in [0.1, 0.15) is 5.75 Å². The molecule has 0 spiro atoms. The number of nitrogens with one attached hydrogen (secondary N) is 2. The summed E-state index contributed by atoms with van der Waals surface area (Å²) in [6.07, 6.45) is -2.70. The van der Waals surface area contributed by atoms with Gasteiger partial charge in [0.2, 0.25) is 10.0 Å². The fraction of sp³-hybridized carbons (Fsp3) is 0.444. The average molecular weight is 445 g/mol. The zero-order chi connectivity index (χ0) is 21.9. The summed E-state index contributed by atoms with van der Waals surface area (Å²) in [5, 5.41) is 19.8. The summed E-state index contributed by atoms with van der Waals surface area (Å²) >= 11 is 0. The van der Waals surface area contributed by atoms with Crippen LogP contribution >= 0.6 is 0 Å². The van der Waals surface area contributed by atoms with Crippen molar-refractivity contribution in [2.75, 3.05) is 25.5 Å². The maximum atomic E-state index is 13.0. The van der Waals surface area contributed by atoms with Gasteiger partial charge >= 0.3 is 6.18 Å². The molecule has 164 valence electrons. The number of primary sulfonamides is 1. The largest absolute Gasteiger partial charge is 0.496 e. The van der Waals surface area contributed by atoms with Gasteiger partial charge in [0.05, 0.1) is 24.1 Å². The number of piperidine rings is 1. The van der Waals surface area contributed by atoms with Crippen molar-refractivity contribution in [2.24, 2.45) is 5.14 Å². The predicted octanol–water partition coefficient (Wildman–Crippen LogP) is 2.12. The maximum absolute atomic E-state index is 13.0. The molecule has 1 aromatic carbocycles. The number of sulfonamides is 1. The molecule has 1 atom stereocenters. The van der Waals surface area contributed by atoms with Crippen molar-refractivity contribution in [3.8, 4) is 17.0 Å². The molecule has 0 bridgehead atoms. The van der Waals surface area contributed by atoms with Gasteiger partial charge in [0.25, 0.3) is 0 Å². The smallest absolute Gasteiger partial charge is 0.416 e. The second-order valence-corrected chi connectivity index (χ2v) is 8.63. The summed E-state index contributed by atoms with van der Waals surface area (Å²) in [5.74, 6) is -0.286. The average Bonchev–Trinajstić information content (AvgIpc) is 2.68. The fourth-order valence-corrected chi connectivity index (χ4v) is 3.91. The van der Waals surface area contributed by atoms with Crippen LogP contribution in [0.3, 0.4) is 0 Å². The fourth-order valence-electron chi connectivity index (χ4n) is 3.26. The third-order valence-electron chi connectivity index (χ3n) is 4.67. The van der Waals surface area contributed by atoms with E-state index >= 15 is 0 Å². The van der Waals surface area contributed by atoms with Crippen molar-refractivity contribution >= 4 is 15.8 Å². The monoisotopic (exact) mass is 445 g/mol. The van der Waals surface area contributed by atoms with E-state index in [-0.39, 0.29) is 34.4 Å². The lowest BCUT2D eigenvalue weighted by atomic mass is 10.0. The number of hydrogen-bond donors (Lipinski definition) is 3. The maximum Gasteiger partial charge on any atom is 0.416 e. The van der Waals surface area contributed by atoms with Gasteiger partial charge in [-0.25, -0.2) is 13.6 Å². The number of aromatic nitrogens is 2. The van der Waals surface area contributed by atoms with Gasteiger partial charge in [-0.15, -0.1) is 10.2 Å². The molecule has 12 heteroatoms. The Bertz CT molecular complexity index is 1010. The van der Waals surface area contributed by atoms with E-state index in [1.165, 1.54) is 19.2 Å². The van der Waals surface area contributed by atoms with Crippen LogP contribution in [0, 0.1) is 0 Å². The Labute approximate surface area is 172 Å². The summed E-state index contributed by atoms with van der Waals surface area (Å²) in [6.45, 7) is 1.59. The van der Waals surface area contributed by atoms with Gasteiger partial charge in [-0.1, -0.05) is 0 Å². The lowest BCUT2D eigenvalue weighted by molar-refractivity contribution is -0.137. The van der Waals surface area contributed by atoms with E-state index in [0.717, 1.165) is 31.5 Å². The van der Waals surface area contributed by atoms with E-state index in [9.17, 15) is 21.6 Å². The van der Waals surface area contributed by atoms with Crippen LogP contribution in [0.4, 0.5) is 19.0 Å². The number of ether oxygens (including phenoxy) is 1. The lowest BCUT2D eigenvalue weighted by Crippen LogP contribution is -2.39. The first-order valence-electron chi connectivity index (χ1n) is 9.17. The van der Waals surface area contributed by atoms with Crippen LogP contribution in [0.25, 0.3) is 11.3 Å². The molecule has 0 amide bonds. The zero-order valence-corrected chi connectivity index (χ0v) is 17.0. The Morgan fingerprint density at radius 1 is 1.30 bits per heavy atom. The highest BCUT2D eigenvalue weighted by atomic mass is 32.2. The molecule has 1 aromatic heterocycles. The molecule has 1 aliphatic heterocycles. The standard InChI is InChI=1S/C18H22F3N5O3S/c1-29-16-8-12(18(19,20)21)4-5-14(16)15-7-11(10-30(22,27)28)17(26-25-15)24-13-3-2-6-23-9-13/h4-5,7-8,13,23H,2-3,6,9-10H2,1H3,(H,24,26)(H2,22,27,28)/t13-/m1/s1. The van der Waals surface area contributed by atoms with E-state index in [1.54, 1.807) is 0 Å². The van der Waals surface area contributed by atoms with Crippen molar-refractivity contribution in [3.05, 3.63) is 35.4 Å². The van der Waals surface area contributed by atoms with Gasteiger partial charge in [0, 0.05) is 23.7 Å². The molecule has 1 saturated heterocycles. The number of hydrogen-bond acceptors (Lipinski definition) is 7. The molecule has 1 aliphatic rings. The molecule has 4 N–H and O–H groups in total. The Balaban J connectivity index is 2.00. The van der Waals surface area contributed by atoms with E-state index in [2.05, 4.69) is 20.8 Å². The topological polar surface area (TPSA) is 119 Å². The highest BCUT2D eigenvalue weighted by Gasteiger charge is 2.31. The number of halogens is 3. The van der Waals surface area contributed by atoms with Crippen molar-refractivity contribution in [2.45, 2.75) is 30.8 Å². The number of nitrogens with zero attached hydrogens (tertiary/aromatic N) is 2. The Morgan fingerprint density at radius 3 is 2.67 bits per heavy atom. The molecule has 2 aromatic rings. The normalized spacial score (nSPS) is 17.6. The van der Waals surface area contributed by atoms with Crippen LogP contribution in [0.5, 0.6) is 5.75 Å². The summed E-state index contributed by atoms with van der Waals surface area (Å²) in [5.41, 5.74) is -0.176. The first kappa shape index (κ1) is 22.2. The van der Waals surface area contributed by atoms with E-state index in [1.807, 2.05) is 0 Å². The minimum absolute atomic E-state index is 0.0405. The van der Waals surface area contributed by atoms with E-state index in [4.69, 9.17) is 9.88 Å². The second kappa shape index (κ2) is 8.74. The number of rotatable bonds is 6. The Kier molecular flexibility index (Phi) is 6.48. The second-order valence-electron chi connectivity index (χ2n) is 7.01. The quantitative estimate of drug-likeness (QED) is 0.623. The van der Waals surface area contributed by atoms with Crippen LogP contribution in [0.2, 0.25) is 0 Å². The molecular weight excluding hydrogens is 423 g/mol. The van der Waals surface area contributed by atoms with Gasteiger partial charge in [-0.05, 0) is 43.7 Å². The van der Waals surface area contributed by atoms with Crippen LogP contribution in [-0.2, 0) is 22.0 Å². The van der Waals surface area contributed by atoms with Crippen LogP contribution in [0.1, 0.15) is 24.0 Å². The third kappa shape index (κ3) is 5.58. The SMILES string of the molecule is COc1cc(C(F)(F)F)ccc1-c1cc(CS(N)(=O)=O)c(N[C@@H]2CCCNC2)nn1. The number of methoxy groups -OCH3 is 1. The van der Waals surface area contributed by atoms with Crippen LogP contribution in [0.15, 0.2) is 24.3 Å². The van der Waals surface area contributed by atoms with Crippen LogP contribution in [-0.4, -0.2) is 44.9 Å². The first-order valence-corrected chi connectivity index (χ1v) is 10.9. The van der Waals surface area contributed by atoms with Crippen LogP contribution < -0.4 is 20.5 Å². The van der Waals surface area contributed by atoms with Crippen molar-refractivity contribution < 1.29 is 26.3 Å². The Hall–Kier alpha value is -2.44. The van der Waals surface area contributed by atoms with Gasteiger partial charge in [-0.2, -0.15) is 13.2 Å². The number of nitrogens with two attached hydrogens (primary N) is 1. The number of anilines is 1. The minimum atomic E-state index is -4.53. The van der Waals surface area contributed by atoms with Crippen molar-refractivity contribution in [3.63, 3.8) is 0 Å². The zero-order valence-electron chi connectivity index (χ0n) is 16.2. The summed E-state index contributed by atoms with van der Waals surface area (Å²) in [6, 6.07) is 4.46.